The van der Waals surface area contributed by atoms with Gasteiger partial charge < -0.3 is 10.1 Å². The molecule has 2 aromatic rings. The van der Waals surface area contributed by atoms with Gasteiger partial charge in [-0.25, -0.2) is 0 Å². The maximum absolute atomic E-state index is 12.3. The van der Waals surface area contributed by atoms with Crippen LogP contribution in [0.15, 0.2) is 42.5 Å². The van der Waals surface area contributed by atoms with Crippen LogP contribution >= 0.6 is 11.6 Å². The topological polar surface area (TPSA) is 65.4 Å². The highest BCUT2D eigenvalue weighted by atomic mass is 35.5. The van der Waals surface area contributed by atoms with Gasteiger partial charge >= 0.3 is 0 Å². The molecule has 0 spiro atoms. The lowest BCUT2D eigenvalue weighted by Crippen LogP contribution is -2.32. The Morgan fingerprint density at radius 3 is 2.56 bits per heavy atom. The van der Waals surface area contributed by atoms with Crippen molar-refractivity contribution in [3.63, 3.8) is 0 Å². The molecule has 0 radical (unpaired) electrons. The Morgan fingerprint density at radius 2 is 2.00 bits per heavy atom. The third-order valence-corrected chi connectivity index (χ3v) is 4.07. The van der Waals surface area contributed by atoms with E-state index in [0.29, 0.717) is 22.8 Å². The number of ether oxygens (including phenoxy) is 1. The number of amides is 1. The Hall–Kier alpha value is -2.55. The molecule has 0 aliphatic heterocycles. The van der Waals surface area contributed by atoms with Gasteiger partial charge in [0.1, 0.15) is 11.8 Å². The largest absolute Gasteiger partial charge is 0.497 e. The lowest BCUT2D eigenvalue weighted by molar-refractivity contribution is -0.117. The highest BCUT2D eigenvalue weighted by Crippen LogP contribution is 2.20. The summed E-state index contributed by atoms with van der Waals surface area (Å²) in [6.07, 6.45) is 0. The number of nitrogens with zero attached hydrogens (tertiary/aromatic N) is 2. The predicted molar refractivity (Wildman–Crippen MR) is 98.7 cm³/mol. The lowest BCUT2D eigenvalue weighted by Gasteiger charge is -2.20. The molecule has 0 saturated carbocycles. The molecule has 1 N–H and O–H groups in total. The maximum Gasteiger partial charge on any atom is 0.238 e. The van der Waals surface area contributed by atoms with Crippen LogP contribution in [0.25, 0.3) is 0 Å². The Morgan fingerprint density at radius 1 is 1.28 bits per heavy atom. The minimum Gasteiger partial charge on any atom is -0.497 e. The van der Waals surface area contributed by atoms with Crippen molar-refractivity contribution >= 4 is 23.2 Å². The molecule has 6 heteroatoms. The number of nitrogens with one attached hydrogen (secondary N) is 1. The fourth-order valence-electron chi connectivity index (χ4n) is 2.36. The van der Waals surface area contributed by atoms with Crippen LogP contribution < -0.4 is 10.1 Å². The summed E-state index contributed by atoms with van der Waals surface area (Å²) < 4.78 is 5.15. The minimum atomic E-state index is -0.129. The summed E-state index contributed by atoms with van der Waals surface area (Å²) in [5, 5.41) is 12.0. The number of carbonyl (C=O) groups excluding carboxylic acids is 1. The maximum atomic E-state index is 12.3. The molecule has 0 fully saturated rings. The number of likely N-dealkylation sites (N-methyl/N-ethyl adjacent to an activating group) is 1. The van der Waals surface area contributed by atoms with Gasteiger partial charge in [0, 0.05) is 12.2 Å². The zero-order valence-electron chi connectivity index (χ0n) is 14.3. The number of hydrogen-bond donors (Lipinski definition) is 1. The van der Waals surface area contributed by atoms with Crippen molar-refractivity contribution < 1.29 is 9.53 Å². The van der Waals surface area contributed by atoms with Crippen molar-refractivity contribution in [2.45, 2.75) is 13.5 Å². The van der Waals surface area contributed by atoms with Gasteiger partial charge in [-0.15, -0.1) is 0 Å². The first-order chi connectivity index (χ1) is 12.0. The third kappa shape index (κ3) is 5.49. The number of anilines is 1. The molecule has 2 rings (SSSR count). The summed E-state index contributed by atoms with van der Waals surface area (Å²) >= 11 is 5.98. The molecular formula is C19H20ClN3O2. The van der Waals surface area contributed by atoms with Gasteiger partial charge in [-0.05, 0) is 42.4 Å². The number of rotatable bonds is 7. The van der Waals surface area contributed by atoms with Crippen molar-refractivity contribution in [1.82, 2.24) is 4.90 Å². The molecule has 0 aliphatic carbocycles. The van der Waals surface area contributed by atoms with E-state index in [2.05, 4.69) is 5.32 Å². The monoisotopic (exact) mass is 357 g/mol. The van der Waals surface area contributed by atoms with Gasteiger partial charge in [-0.3, -0.25) is 9.69 Å². The molecule has 5 nitrogen and oxygen atoms in total. The highest BCUT2D eigenvalue weighted by Gasteiger charge is 2.11. The average molecular weight is 358 g/mol. The summed E-state index contributed by atoms with van der Waals surface area (Å²) in [6, 6.07) is 14.6. The van der Waals surface area contributed by atoms with Crippen LogP contribution in [0.3, 0.4) is 0 Å². The Kier molecular flexibility index (Phi) is 6.81. The van der Waals surface area contributed by atoms with E-state index in [1.54, 1.807) is 25.3 Å². The van der Waals surface area contributed by atoms with E-state index in [0.717, 1.165) is 17.9 Å². The van der Waals surface area contributed by atoms with Crippen LogP contribution in [-0.4, -0.2) is 31.0 Å². The fraction of sp³-hybridized carbons (Fsp3) is 0.263. The fourth-order valence-corrected chi connectivity index (χ4v) is 2.58. The van der Waals surface area contributed by atoms with Crippen LogP contribution in [0.4, 0.5) is 5.69 Å². The van der Waals surface area contributed by atoms with Gasteiger partial charge in [0.2, 0.25) is 5.91 Å². The van der Waals surface area contributed by atoms with Crippen molar-refractivity contribution in [2.75, 3.05) is 25.5 Å². The Bertz CT molecular complexity index is 769. The number of hydrogen-bond acceptors (Lipinski definition) is 4. The molecular weight excluding hydrogens is 338 g/mol. The van der Waals surface area contributed by atoms with Crippen molar-refractivity contribution in [3.05, 3.63) is 58.6 Å². The molecule has 1 amide bonds. The van der Waals surface area contributed by atoms with E-state index < -0.39 is 0 Å². The second-order valence-electron chi connectivity index (χ2n) is 5.51. The van der Waals surface area contributed by atoms with Gasteiger partial charge in [0.15, 0.2) is 0 Å². The molecule has 0 bridgehead atoms. The van der Waals surface area contributed by atoms with Gasteiger partial charge in [-0.2, -0.15) is 5.26 Å². The average Bonchev–Trinajstić information content (AvgIpc) is 2.62. The SMILES string of the molecule is CCN(CC(=O)Nc1ccc(C#N)c(Cl)c1)Cc1ccc(OC)cc1. The number of methoxy groups -OCH3 is 1. The van der Waals surface area contributed by atoms with Gasteiger partial charge in [-0.1, -0.05) is 30.7 Å². The molecule has 2 aromatic carbocycles. The predicted octanol–water partition coefficient (Wildman–Crippen LogP) is 3.68. The van der Waals surface area contributed by atoms with Crippen molar-refractivity contribution in [1.29, 1.82) is 5.26 Å². The van der Waals surface area contributed by atoms with Crippen LogP contribution in [0, 0.1) is 11.3 Å². The van der Waals surface area contributed by atoms with Crippen LogP contribution in [-0.2, 0) is 11.3 Å². The van der Waals surface area contributed by atoms with E-state index in [4.69, 9.17) is 21.6 Å². The zero-order chi connectivity index (χ0) is 18.2. The first-order valence-corrected chi connectivity index (χ1v) is 8.28. The molecule has 0 aliphatic rings. The minimum absolute atomic E-state index is 0.129. The normalized spacial score (nSPS) is 10.4. The molecule has 0 aromatic heterocycles. The smallest absolute Gasteiger partial charge is 0.238 e. The molecule has 130 valence electrons. The van der Waals surface area contributed by atoms with E-state index in [1.807, 2.05) is 42.2 Å². The quantitative estimate of drug-likeness (QED) is 0.820. The highest BCUT2D eigenvalue weighted by molar-refractivity contribution is 6.32. The number of benzene rings is 2. The zero-order valence-corrected chi connectivity index (χ0v) is 15.0. The second-order valence-corrected chi connectivity index (χ2v) is 5.91. The Labute approximate surface area is 152 Å². The van der Waals surface area contributed by atoms with E-state index in [9.17, 15) is 4.79 Å². The lowest BCUT2D eigenvalue weighted by atomic mass is 10.2. The molecule has 0 saturated heterocycles. The van der Waals surface area contributed by atoms with Gasteiger partial charge in [0.25, 0.3) is 0 Å². The summed E-state index contributed by atoms with van der Waals surface area (Å²) in [5.74, 6) is 0.679. The molecule has 0 atom stereocenters. The number of nitriles is 1. The summed E-state index contributed by atoms with van der Waals surface area (Å²) in [4.78, 5) is 14.3. The summed E-state index contributed by atoms with van der Waals surface area (Å²) in [5.41, 5.74) is 2.07. The van der Waals surface area contributed by atoms with Crippen molar-refractivity contribution in [2.24, 2.45) is 0 Å². The van der Waals surface area contributed by atoms with E-state index in [-0.39, 0.29) is 12.5 Å². The summed E-state index contributed by atoms with van der Waals surface area (Å²) in [6.45, 7) is 3.69. The van der Waals surface area contributed by atoms with Crippen molar-refractivity contribution in [3.8, 4) is 11.8 Å². The van der Waals surface area contributed by atoms with E-state index >= 15 is 0 Å². The molecule has 0 unspecified atom stereocenters. The summed E-state index contributed by atoms with van der Waals surface area (Å²) in [7, 11) is 1.63. The van der Waals surface area contributed by atoms with E-state index in [1.165, 1.54) is 0 Å². The standard InChI is InChI=1S/C19H20ClN3O2/c1-3-23(12-14-4-8-17(25-2)9-5-14)13-19(24)22-16-7-6-15(11-21)18(20)10-16/h4-10H,3,12-13H2,1-2H3,(H,22,24). The Balaban J connectivity index is 1.94. The first kappa shape index (κ1) is 18.8. The molecule has 25 heavy (non-hydrogen) atoms. The second kappa shape index (κ2) is 9.07. The van der Waals surface area contributed by atoms with Crippen LogP contribution in [0.5, 0.6) is 5.75 Å². The molecule has 0 heterocycles. The number of halogens is 1. The number of carbonyl (C=O) groups is 1. The van der Waals surface area contributed by atoms with Gasteiger partial charge in [0.05, 0.1) is 24.2 Å². The first-order valence-electron chi connectivity index (χ1n) is 7.90. The third-order valence-electron chi connectivity index (χ3n) is 3.75. The van der Waals surface area contributed by atoms with Crippen LogP contribution in [0.1, 0.15) is 18.1 Å². The van der Waals surface area contributed by atoms with Crippen LogP contribution in [0.2, 0.25) is 5.02 Å².